The Hall–Kier alpha value is -6.52. The van der Waals surface area contributed by atoms with Crippen LogP contribution in [0.1, 0.15) is 24.9 Å². The highest BCUT2D eigenvalue weighted by Crippen LogP contribution is 2.54. The third kappa shape index (κ3) is 13.0. The molecule has 0 bridgehead atoms. The predicted octanol–water partition coefficient (Wildman–Crippen LogP) is -4.23. The molecule has 4 aliphatic rings. The molecule has 45 nitrogen and oxygen atoms in total. The van der Waals surface area contributed by atoms with Gasteiger partial charge in [-0.15, -0.1) is 0 Å². The van der Waals surface area contributed by atoms with Gasteiger partial charge in [-0.1, -0.05) is 0 Å². The molecule has 0 aliphatic carbocycles. The lowest BCUT2D eigenvalue weighted by Gasteiger charge is -2.25. The summed E-state index contributed by atoms with van der Waals surface area (Å²) in [5.74, 6) is -0.265. The number of nitrogen functional groups attached to an aromatic ring is 4. The van der Waals surface area contributed by atoms with Gasteiger partial charge < -0.3 is 101 Å². The van der Waals surface area contributed by atoms with E-state index in [9.17, 15) is 68.3 Å². The van der Waals surface area contributed by atoms with E-state index in [1.807, 2.05) is 0 Å². The summed E-state index contributed by atoms with van der Waals surface area (Å²) in [4.78, 5) is 101. The number of rotatable bonds is 24. The van der Waals surface area contributed by atoms with Gasteiger partial charge in [-0.3, -0.25) is 50.0 Å². The smallest absolute Gasteiger partial charge is 0.387 e. The third-order valence-corrected chi connectivity index (χ3v) is 18.3. The van der Waals surface area contributed by atoms with Gasteiger partial charge in [-0.05, 0) is 0 Å². The Bertz CT molecular complexity index is 4190. The predicted molar refractivity (Wildman–Crippen MR) is 294 cm³/mol. The van der Waals surface area contributed by atoms with Crippen molar-refractivity contribution in [3.8, 4) is 0 Å². The number of aliphatic hydroxyl groups is 5. The Morgan fingerprint density at radius 2 is 0.703 bits per heavy atom. The second-order valence-electron chi connectivity index (χ2n) is 20.6. The number of anilines is 4. The van der Waals surface area contributed by atoms with Crippen LogP contribution in [0.15, 0.2) is 50.6 Å². The summed E-state index contributed by atoms with van der Waals surface area (Å²) < 4.78 is 119. The molecule has 0 radical (unpaired) electrons. The van der Waals surface area contributed by atoms with E-state index in [2.05, 4.69) is 64.3 Å². The zero-order valence-electron chi connectivity index (χ0n) is 45.9. The van der Waals surface area contributed by atoms with Gasteiger partial charge in [0.25, 0.3) is 0 Å². The summed E-state index contributed by atoms with van der Waals surface area (Å²) in [5, 5.41) is 56.6. The van der Waals surface area contributed by atoms with Crippen LogP contribution in [-0.2, 0) is 69.3 Å². The molecule has 12 rings (SSSR count). The van der Waals surface area contributed by atoms with E-state index >= 15 is 0 Å². The number of ether oxygens (including phenoxy) is 6. The first-order valence-corrected chi connectivity index (χ1v) is 33.0. The lowest BCUT2D eigenvalue weighted by molar-refractivity contribution is -0.0657. The van der Waals surface area contributed by atoms with Crippen LogP contribution in [0, 0.1) is 0 Å². The Labute approximate surface area is 505 Å². The van der Waals surface area contributed by atoms with Crippen LogP contribution in [0.4, 0.5) is 23.3 Å². The quantitative estimate of drug-likeness (QED) is 0.0255. The summed E-state index contributed by atoms with van der Waals surface area (Å²) >= 11 is 0. The minimum absolute atomic E-state index is 0.00182. The highest BCUT2D eigenvalue weighted by Gasteiger charge is 2.54. The summed E-state index contributed by atoms with van der Waals surface area (Å²) in [6.07, 6.45) is -20.7. The molecule has 3 unspecified atom stereocenters. The Morgan fingerprint density at radius 3 is 1.07 bits per heavy atom. The van der Waals surface area contributed by atoms with Gasteiger partial charge >= 0.3 is 30.8 Å². The lowest BCUT2D eigenvalue weighted by Crippen LogP contribution is -2.37. The molecule has 49 heteroatoms. The standard InChI is InChI=1S/C42H54N20O25P4/c43-31-19-35(51-5-47-31)59(9-55-19)39-27(67)23(63)15(81-39)1-77-13-88(68,69)85-28-24(64)16(82-40(28)60-10-56-20-32(44)48-6-52-36(20)60)2-78-14-89(70,71)86-29-25(65)18(84-41(29)61-11-57-21-33(45)49-7-53-37(21)61)4-80-91(75,76)87-30-26(66)17(3-79-90(72,73)74)83-42(30)62-12-58-22-34(46)50-8-54-38(22)62/h5-12,15-18,23-30,39-42,63-67H,1-4,13-14H2,(H,68,69)(H,70,71)(H,75,76)(H2,43,47,51)(H2,44,48,52)(H2,45,49,53)(H2,46,50,54)(H2,72,73,74)/t15-,16-,17-,18-,23-,24-,25-,26-,27+,28+,29-,30-,39-,40-,41-,42-/m1/s1. The number of hydrogen-bond donors (Lipinski definition) is 14. The molecule has 12 heterocycles. The van der Waals surface area contributed by atoms with Crippen molar-refractivity contribution in [1.29, 1.82) is 0 Å². The zero-order valence-corrected chi connectivity index (χ0v) is 49.5. The molecule has 0 aromatic carbocycles. The van der Waals surface area contributed by atoms with Crippen molar-refractivity contribution in [2.45, 2.75) is 98.2 Å². The molecule has 4 saturated heterocycles. The fraction of sp³-hybridized carbons (Fsp3) is 0.524. The van der Waals surface area contributed by atoms with Crippen molar-refractivity contribution in [3.63, 3.8) is 0 Å². The van der Waals surface area contributed by atoms with Crippen molar-refractivity contribution >= 4 is 98.8 Å². The number of aromatic nitrogens is 16. The van der Waals surface area contributed by atoms with Gasteiger partial charge in [0.05, 0.1) is 51.7 Å². The second kappa shape index (κ2) is 25.1. The molecule has 8 aromatic rings. The van der Waals surface area contributed by atoms with E-state index in [-0.39, 0.29) is 67.9 Å². The monoisotopic (exact) mass is 1360 g/mol. The molecule has 0 amide bonds. The van der Waals surface area contributed by atoms with Crippen LogP contribution in [0.3, 0.4) is 0 Å². The first-order valence-electron chi connectivity index (χ1n) is 26.4. The van der Waals surface area contributed by atoms with Crippen molar-refractivity contribution in [3.05, 3.63) is 50.6 Å². The summed E-state index contributed by atoms with van der Waals surface area (Å²) in [7, 11) is -20.8. The molecule has 0 spiro atoms. The molecule has 19 atom stereocenters. The van der Waals surface area contributed by atoms with Crippen LogP contribution in [-0.4, -0.2) is 240 Å². The number of imidazole rings is 4. The van der Waals surface area contributed by atoms with Gasteiger partial charge in [0, 0.05) is 0 Å². The minimum Gasteiger partial charge on any atom is -0.387 e. The Balaban J connectivity index is 0.720. The van der Waals surface area contributed by atoms with Crippen molar-refractivity contribution < 1.29 is 119 Å². The molecule has 0 saturated carbocycles. The number of phosphoric acid groups is 2. The van der Waals surface area contributed by atoms with Gasteiger partial charge in [0.2, 0.25) is 0 Å². The maximum absolute atomic E-state index is 14.1. The van der Waals surface area contributed by atoms with Crippen molar-refractivity contribution in [2.75, 3.05) is 62.1 Å². The van der Waals surface area contributed by atoms with Crippen LogP contribution in [0.5, 0.6) is 0 Å². The number of nitrogens with two attached hydrogens (primary N) is 4. The molecule has 4 fully saturated rings. The average molecular weight is 1360 g/mol. The van der Waals surface area contributed by atoms with Gasteiger partial charge in [0.1, 0.15) is 133 Å². The first kappa shape index (κ1) is 64.6. The number of nitrogens with zero attached hydrogens (tertiary/aromatic N) is 16. The zero-order chi connectivity index (χ0) is 64.6. The topological polar surface area (TPSA) is 651 Å². The van der Waals surface area contributed by atoms with E-state index < -0.39 is 168 Å². The number of fused-ring (bicyclic) bond motifs is 4. The van der Waals surface area contributed by atoms with E-state index in [0.717, 1.165) is 53.4 Å². The van der Waals surface area contributed by atoms with Crippen molar-refractivity contribution in [1.82, 2.24) is 78.1 Å². The molecule has 8 aromatic heterocycles. The van der Waals surface area contributed by atoms with E-state index in [4.69, 9.17) is 69.5 Å². The maximum Gasteiger partial charge on any atom is 0.472 e. The summed E-state index contributed by atoms with van der Waals surface area (Å²) in [6, 6.07) is 0. The van der Waals surface area contributed by atoms with E-state index in [0.29, 0.717) is 0 Å². The second-order valence-corrected chi connectivity index (χ2v) is 26.7. The summed E-state index contributed by atoms with van der Waals surface area (Å²) in [6.45, 7) is -3.43. The lowest BCUT2D eigenvalue weighted by atomic mass is 10.1. The maximum atomic E-state index is 14.1. The third-order valence-electron chi connectivity index (χ3n) is 14.6. The van der Waals surface area contributed by atoms with Crippen LogP contribution in [0.2, 0.25) is 0 Å². The largest absolute Gasteiger partial charge is 0.472 e. The average Bonchev–Trinajstić information content (AvgIpc) is 1.65. The molecule has 4 aliphatic heterocycles. The van der Waals surface area contributed by atoms with Crippen LogP contribution >= 0.6 is 30.8 Å². The molecular formula is C42H54N20O25P4. The van der Waals surface area contributed by atoms with Gasteiger partial charge in [0.15, 0.2) is 70.8 Å². The number of phosphoric ester groups is 2. The molecule has 91 heavy (non-hydrogen) atoms. The minimum atomic E-state index is -5.50. The fourth-order valence-electron chi connectivity index (χ4n) is 10.4. The van der Waals surface area contributed by atoms with Crippen LogP contribution in [0.25, 0.3) is 44.7 Å². The highest BCUT2D eigenvalue weighted by atomic mass is 31.2. The van der Waals surface area contributed by atoms with Crippen molar-refractivity contribution in [2.24, 2.45) is 0 Å². The molecule has 18 N–H and O–H groups in total. The van der Waals surface area contributed by atoms with Gasteiger partial charge in [-0.25, -0.2) is 68.9 Å². The normalized spacial score (nSPS) is 30.9. The SMILES string of the molecule is Nc1ncnc2c1ncn2[C@@H]1O[C@H](COCP(=O)(O)O[C@H]2[C@H](O)[C@@H](COCP(=O)(O)O[C@@H]3[C@H](O)[C@@H](COP(=O)(O)O[C@@H]4[C@H](O)[C@@H](COP(=O)(O)O)O[C@H]4n4cnc5c(N)ncnc54)O[C@H]3n3cnc4c(N)ncnc43)O[C@H]2n2cnc3c(N)ncnc32)[C@@H](O)[C@@H]1O. The summed E-state index contributed by atoms with van der Waals surface area (Å²) in [5.41, 5.74) is 24.2. The first-order chi connectivity index (χ1) is 43.2. The van der Waals surface area contributed by atoms with Crippen LogP contribution < -0.4 is 22.9 Å². The van der Waals surface area contributed by atoms with E-state index in [1.165, 1.54) is 15.5 Å². The fourth-order valence-corrected chi connectivity index (χ4v) is 13.7. The number of aliphatic hydroxyl groups excluding tert-OH is 5. The number of hydrogen-bond acceptors (Lipinski definition) is 36. The Morgan fingerprint density at radius 1 is 0.396 bits per heavy atom. The highest BCUT2D eigenvalue weighted by molar-refractivity contribution is 7.52. The van der Waals surface area contributed by atoms with Gasteiger partial charge in [-0.2, -0.15) is 0 Å². The van der Waals surface area contributed by atoms with E-state index in [1.54, 1.807) is 0 Å². The Kier molecular flexibility index (Phi) is 17.8. The molecular weight excluding hydrogens is 1310 g/mol. The molecule has 492 valence electrons.